The molecule has 0 aliphatic carbocycles. The molecule has 1 aliphatic rings. The summed E-state index contributed by atoms with van der Waals surface area (Å²) in [4.78, 5) is 26.2. The molecule has 2 amide bonds. The smallest absolute Gasteiger partial charge is 0.245 e. The topological polar surface area (TPSA) is 83.6 Å². The van der Waals surface area contributed by atoms with Gasteiger partial charge in [-0.2, -0.15) is 0 Å². The van der Waals surface area contributed by atoms with Crippen LogP contribution in [0.4, 0.5) is 0 Å². The SMILES string of the molecule is CC1CC(=O)NC(C(C)(C)C)C(=O)N1CCCS(C)(=O)=O. The number of nitrogens with one attached hydrogen (secondary N) is 1. The van der Waals surface area contributed by atoms with Crippen molar-refractivity contribution in [3.05, 3.63) is 0 Å². The minimum Gasteiger partial charge on any atom is -0.344 e. The Morgan fingerprint density at radius 2 is 1.86 bits per heavy atom. The lowest BCUT2D eigenvalue weighted by Crippen LogP contribution is -2.53. The van der Waals surface area contributed by atoms with Gasteiger partial charge in [0.25, 0.3) is 0 Å². The number of sulfone groups is 1. The fourth-order valence-corrected chi connectivity index (χ4v) is 3.11. The van der Waals surface area contributed by atoms with E-state index >= 15 is 0 Å². The van der Waals surface area contributed by atoms with E-state index in [9.17, 15) is 18.0 Å². The lowest BCUT2D eigenvalue weighted by atomic mass is 9.86. The van der Waals surface area contributed by atoms with Crippen LogP contribution in [0.15, 0.2) is 0 Å². The van der Waals surface area contributed by atoms with Crippen LogP contribution >= 0.6 is 0 Å². The third-order valence-corrected chi connectivity index (χ3v) is 4.66. The molecule has 0 spiro atoms. The van der Waals surface area contributed by atoms with E-state index in [1.165, 1.54) is 6.26 Å². The molecule has 0 aromatic rings. The van der Waals surface area contributed by atoms with Gasteiger partial charge in [-0.1, -0.05) is 20.8 Å². The van der Waals surface area contributed by atoms with Crippen molar-refractivity contribution in [3.8, 4) is 0 Å². The average Bonchev–Trinajstić information content (AvgIpc) is 2.37. The molecule has 1 aliphatic heterocycles. The Morgan fingerprint density at radius 3 is 2.33 bits per heavy atom. The summed E-state index contributed by atoms with van der Waals surface area (Å²) >= 11 is 0. The molecule has 0 radical (unpaired) electrons. The van der Waals surface area contributed by atoms with E-state index in [1.807, 2.05) is 27.7 Å². The van der Waals surface area contributed by atoms with Crippen LogP contribution in [0.3, 0.4) is 0 Å². The van der Waals surface area contributed by atoms with Gasteiger partial charge in [0, 0.05) is 25.3 Å². The van der Waals surface area contributed by atoms with Gasteiger partial charge in [-0.25, -0.2) is 8.42 Å². The van der Waals surface area contributed by atoms with Gasteiger partial charge >= 0.3 is 0 Å². The first kappa shape index (κ1) is 17.9. The van der Waals surface area contributed by atoms with Gasteiger partial charge in [-0.15, -0.1) is 0 Å². The minimum atomic E-state index is -3.04. The monoisotopic (exact) mass is 318 g/mol. The second kappa shape index (κ2) is 6.34. The Balaban J connectivity index is 2.88. The van der Waals surface area contributed by atoms with E-state index in [1.54, 1.807) is 4.90 Å². The van der Waals surface area contributed by atoms with Crippen LogP contribution < -0.4 is 5.32 Å². The number of hydrogen-bond acceptors (Lipinski definition) is 4. The van der Waals surface area contributed by atoms with E-state index in [0.717, 1.165) is 0 Å². The van der Waals surface area contributed by atoms with Crippen molar-refractivity contribution in [3.63, 3.8) is 0 Å². The Labute approximate surface area is 127 Å². The molecule has 7 heteroatoms. The van der Waals surface area contributed by atoms with Crippen molar-refractivity contribution in [2.75, 3.05) is 18.6 Å². The Kier molecular flexibility index (Phi) is 5.41. The molecule has 0 bridgehead atoms. The fraction of sp³-hybridized carbons (Fsp3) is 0.857. The standard InChI is InChI=1S/C14H26N2O4S/c1-10-9-11(17)15-12(14(2,3)4)13(18)16(10)7-6-8-21(5,19)20/h10,12H,6-9H2,1-5H3,(H,15,17). The molecule has 1 N–H and O–H groups in total. The van der Waals surface area contributed by atoms with Gasteiger partial charge in [0.15, 0.2) is 0 Å². The average molecular weight is 318 g/mol. The highest BCUT2D eigenvalue weighted by Gasteiger charge is 2.39. The van der Waals surface area contributed by atoms with Crippen molar-refractivity contribution < 1.29 is 18.0 Å². The van der Waals surface area contributed by atoms with Gasteiger partial charge in [0.05, 0.1) is 5.75 Å². The van der Waals surface area contributed by atoms with Crippen molar-refractivity contribution in [2.45, 2.75) is 52.6 Å². The van der Waals surface area contributed by atoms with Crippen molar-refractivity contribution in [1.29, 1.82) is 0 Å². The van der Waals surface area contributed by atoms with Gasteiger partial charge in [-0.3, -0.25) is 9.59 Å². The highest BCUT2D eigenvalue weighted by molar-refractivity contribution is 7.90. The Hall–Kier alpha value is -1.11. The molecule has 0 aromatic carbocycles. The summed E-state index contributed by atoms with van der Waals surface area (Å²) < 4.78 is 22.4. The highest BCUT2D eigenvalue weighted by atomic mass is 32.2. The van der Waals surface area contributed by atoms with E-state index in [0.29, 0.717) is 13.0 Å². The number of amides is 2. The Bertz CT molecular complexity index is 508. The first-order valence-electron chi connectivity index (χ1n) is 7.19. The normalized spacial score (nSPS) is 24.7. The van der Waals surface area contributed by atoms with Gasteiger partial charge in [0.2, 0.25) is 11.8 Å². The van der Waals surface area contributed by atoms with Crippen LogP contribution in [-0.4, -0.2) is 55.8 Å². The van der Waals surface area contributed by atoms with Crippen molar-refractivity contribution in [2.24, 2.45) is 5.41 Å². The molecule has 0 aromatic heterocycles. The second-order valence-electron chi connectivity index (χ2n) is 6.93. The van der Waals surface area contributed by atoms with Crippen molar-refractivity contribution in [1.82, 2.24) is 10.2 Å². The Morgan fingerprint density at radius 1 is 1.29 bits per heavy atom. The number of rotatable bonds is 4. The number of carbonyl (C=O) groups is 2. The van der Waals surface area contributed by atoms with Crippen LogP contribution in [0, 0.1) is 5.41 Å². The summed E-state index contributed by atoms with van der Waals surface area (Å²) in [5.74, 6) is -0.221. The maximum atomic E-state index is 12.7. The quantitative estimate of drug-likeness (QED) is 0.821. The molecule has 1 saturated heterocycles. The van der Waals surface area contributed by atoms with E-state index in [2.05, 4.69) is 5.32 Å². The third-order valence-electron chi connectivity index (χ3n) is 3.63. The summed E-state index contributed by atoms with van der Waals surface area (Å²) in [7, 11) is -3.04. The largest absolute Gasteiger partial charge is 0.344 e. The van der Waals surface area contributed by atoms with E-state index in [4.69, 9.17) is 0 Å². The molecule has 122 valence electrons. The van der Waals surface area contributed by atoms with Gasteiger partial charge < -0.3 is 10.2 Å². The summed E-state index contributed by atoms with van der Waals surface area (Å²) in [5, 5.41) is 2.79. The van der Waals surface area contributed by atoms with Crippen molar-refractivity contribution >= 4 is 21.7 Å². The lowest BCUT2D eigenvalue weighted by Gasteiger charge is -2.34. The third kappa shape index (κ3) is 5.30. The maximum absolute atomic E-state index is 12.7. The van der Waals surface area contributed by atoms with Crippen LogP contribution in [-0.2, 0) is 19.4 Å². The molecule has 1 fully saturated rings. The number of hydrogen-bond donors (Lipinski definition) is 1. The first-order valence-corrected chi connectivity index (χ1v) is 9.25. The lowest BCUT2D eigenvalue weighted by molar-refractivity contribution is -0.137. The van der Waals surface area contributed by atoms with E-state index < -0.39 is 15.9 Å². The summed E-state index contributed by atoms with van der Waals surface area (Å²) in [6.07, 6.45) is 1.82. The molecular weight excluding hydrogens is 292 g/mol. The molecule has 1 rings (SSSR count). The predicted octanol–water partition coefficient (Wildman–Crippen LogP) is 0.573. The van der Waals surface area contributed by atoms with Gasteiger partial charge in [0.1, 0.15) is 15.9 Å². The zero-order valence-electron chi connectivity index (χ0n) is 13.5. The summed E-state index contributed by atoms with van der Waals surface area (Å²) in [6, 6.07) is -0.794. The molecule has 1 heterocycles. The summed E-state index contributed by atoms with van der Waals surface area (Å²) in [6.45, 7) is 7.89. The molecule has 2 unspecified atom stereocenters. The summed E-state index contributed by atoms with van der Waals surface area (Å²) in [5.41, 5.74) is -0.383. The van der Waals surface area contributed by atoms with E-state index in [-0.39, 0.29) is 35.4 Å². The first-order chi connectivity index (χ1) is 9.42. The van der Waals surface area contributed by atoms with Crippen LogP contribution in [0.25, 0.3) is 0 Å². The fourth-order valence-electron chi connectivity index (χ4n) is 2.46. The molecule has 0 saturated carbocycles. The maximum Gasteiger partial charge on any atom is 0.245 e. The van der Waals surface area contributed by atoms with Crippen LogP contribution in [0.2, 0.25) is 0 Å². The molecule has 2 atom stereocenters. The number of carbonyl (C=O) groups excluding carboxylic acids is 2. The zero-order chi connectivity index (χ0) is 16.4. The van der Waals surface area contributed by atoms with Gasteiger partial charge in [-0.05, 0) is 18.8 Å². The van der Waals surface area contributed by atoms with Crippen LogP contribution in [0.1, 0.15) is 40.5 Å². The second-order valence-corrected chi connectivity index (χ2v) is 9.19. The highest BCUT2D eigenvalue weighted by Crippen LogP contribution is 2.25. The molecule has 6 nitrogen and oxygen atoms in total. The predicted molar refractivity (Wildman–Crippen MR) is 81.5 cm³/mol. The minimum absolute atomic E-state index is 0.0467. The number of nitrogens with zero attached hydrogens (tertiary/aromatic N) is 1. The molecular formula is C14H26N2O4S. The zero-order valence-corrected chi connectivity index (χ0v) is 14.3. The van der Waals surface area contributed by atoms with Crippen LogP contribution in [0.5, 0.6) is 0 Å². The molecule has 21 heavy (non-hydrogen) atoms.